The topological polar surface area (TPSA) is 56.1 Å². The van der Waals surface area contributed by atoms with Crippen LogP contribution < -0.4 is 0 Å². The number of benzene rings is 1. The van der Waals surface area contributed by atoms with Gasteiger partial charge in [-0.05, 0) is 18.9 Å². The van der Waals surface area contributed by atoms with Gasteiger partial charge in [0.2, 0.25) is 0 Å². The normalized spacial score (nSPS) is 20.8. The van der Waals surface area contributed by atoms with Crippen LogP contribution in [0.1, 0.15) is 49.3 Å². The molecule has 2 aliphatic rings. The highest BCUT2D eigenvalue weighted by Crippen LogP contribution is 2.37. The molecule has 2 N–H and O–H groups in total. The third-order valence-corrected chi connectivity index (χ3v) is 5.06. The van der Waals surface area contributed by atoms with E-state index in [4.69, 9.17) is 5.11 Å². The molecule has 0 amide bonds. The van der Waals surface area contributed by atoms with Crippen LogP contribution in [0.15, 0.2) is 24.3 Å². The Morgan fingerprint density at radius 3 is 3.05 bits per heavy atom. The predicted octanol–water partition coefficient (Wildman–Crippen LogP) is 3.12. The molecule has 1 aromatic heterocycles. The zero-order chi connectivity index (χ0) is 15.1. The molecule has 22 heavy (non-hydrogen) atoms. The molecule has 4 nitrogen and oxygen atoms in total. The van der Waals surface area contributed by atoms with Gasteiger partial charge in [-0.15, -0.1) is 0 Å². The van der Waals surface area contributed by atoms with Gasteiger partial charge in [0.15, 0.2) is 5.71 Å². The second kappa shape index (κ2) is 5.27. The van der Waals surface area contributed by atoms with E-state index in [9.17, 15) is 4.79 Å². The second-order valence-electron chi connectivity index (χ2n) is 6.44. The van der Waals surface area contributed by atoms with Crippen molar-refractivity contribution >= 4 is 22.6 Å². The zero-order valence-corrected chi connectivity index (χ0v) is 12.6. The Morgan fingerprint density at radius 2 is 2.18 bits per heavy atom. The molecule has 0 radical (unpaired) electrons. The number of aliphatic carboxylic acids is 1. The van der Waals surface area contributed by atoms with Crippen molar-refractivity contribution in [1.29, 1.82) is 0 Å². The lowest BCUT2D eigenvalue weighted by Crippen LogP contribution is -2.36. The minimum atomic E-state index is -0.699. The van der Waals surface area contributed by atoms with Crippen molar-refractivity contribution in [3.63, 3.8) is 0 Å². The molecule has 0 bridgehead atoms. The highest BCUT2D eigenvalue weighted by Gasteiger charge is 2.36. The van der Waals surface area contributed by atoms with Crippen LogP contribution in [0.25, 0.3) is 10.9 Å². The van der Waals surface area contributed by atoms with E-state index < -0.39 is 5.97 Å². The number of nitrogens with zero attached hydrogens (tertiary/aromatic N) is 1. The van der Waals surface area contributed by atoms with Crippen LogP contribution >= 0.6 is 0 Å². The van der Waals surface area contributed by atoms with Crippen LogP contribution in [-0.2, 0) is 4.79 Å². The smallest absolute Gasteiger partial charge is 0.303 e. The number of aromatic nitrogens is 1. The van der Waals surface area contributed by atoms with E-state index in [1.807, 2.05) is 0 Å². The molecule has 1 aromatic carbocycles. The lowest BCUT2D eigenvalue weighted by Gasteiger charge is -2.25. The van der Waals surface area contributed by atoms with Crippen LogP contribution in [0.5, 0.6) is 0 Å². The van der Waals surface area contributed by atoms with Crippen molar-refractivity contribution in [3.05, 3.63) is 35.5 Å². The number of hydrogen-bond donors (Lipinski definition) is 2. The largest absolute Gasteiger partial charge is 0.481 e. The van der Waals surface area contributed by atoms with Gasteiger partial charge in [0.05, 0.1) is 0 Å². The van der Waals surface area contributed by atoms with E-state index in [2.05, 4.69) is 33.8 Å². The SMILES string of the molecule is O=C(O)CCC1C[N+]2=C(CCCC2)c2[nH]c3ccccc3c21. The zero-order valence-electron chi connectivity index (χ0n) is 12.6. The second-order valence-corrected chi connectivity index (χ2v) is 6.44. The van der Waals surface area contributed by atoms with Crippen LogP contribution in [0.2, 0.25) is 0 Å². The van der Waals surface area contributed by atoms with Gasteiger partial charge in [-0.3, -0.25) is 4.79 Å². The summed E-state index contributed by atoms with van der Waals surface area (Å²) in [5.74, 6) is -0.390. The van der Waals surface area contributed by atoms with Crippen molar-refractivity contribution in [2.24, 2.45) is 0 Å². The van der Waals surface area contributed by atoms with Gasteiger partial charge in [0, 0.05) is 41.6 Å². The summed E-state index contributed by atoms with van der Waals surface area (Å²) in [5, 5.41) is 10.3. The van der Waals surface area contributed by atoms with Crippen molar-refractivity contribution in [1.82, 2.24) is 4.98 Å². The summed E-state index contributed by atoms with van der Waals surface area (Å²) in [6.07, 6.45) is 4.58. The van der Waals surface area contributed by atoms with Gasteiger partial charge in [-0.1, -0.05) is 18.2 Å². The van der Waals surface area contributed by atoms with Crippen LogP contribution in [0.4, 0.5) is 0 Å². The summed E-state index contributed by atoms with van der Waals surface area (Å²) in [6, 6.07) is 8.41. The van der Waals surface area contributed by atoms with Crippen molar-refractivity contribution in [2.75, 3.05) is 13.1 Å². The molecule has 4 heteroatoms. The van der Waals surface area contributed by atoms with Crippen molar-refractivity contribution in [3.8, 4) is 0 Å². The molecule has 1 unspecified atom stereocenters. The number of carboxylic acids is 1. The summed E-state index contributed by atoms with van der Waals surface area (Å²) in [5.41, 5.74) is 5.23. The number of H-pyrrole nitrogens is 1. The summed E-state index contributed by atoms with van der Waals surface area (Å²) in [7, 11) is 0. The lowest BCUT2D eigenvalue weighted by molar-refractivity contribution is -0.537. The molecule has 4 rings (SSSR count). The van der Waals surface area contributed by atoms with Gasteiger partial charge >= 0.3 is 5.97 Å². The molecule has 0 aliphatic carbocycles. The highest BCUT2D eigenvalue weighted by atomic mass is 16.4. The molecule has 2 aromatic rings. The molecule has 1 atom stereocenters. The first-order chi connectivity index (χ1) is 10.7. The summed E-state index contributed by atoms with van der Waals surface area (Å²) in [6.45, 7) is 2.07. The van der Waals surface area contributed by atoms with Crippen LogP contribution in [0.3, 0.4) is 0 Å². The first-order valence-electron chi connectivity index (χ1n) is 8.17. The van der Waals surface area contributed by atoms with E-state index >= 15 is 0 Å². The first kappa shape index (κ1) is 13.6. The molecule has 0 saturated heterocycles. The lowest BCUT2D eigenvalue weighted by atomic mass is 9.85. The monoisotopic (exact) mass is 297 g/mol. The Kier molecular flexibility index (Phi) is 3.25. The molecular weight excluding hydrogens is 276 g/mol. The molecule has 114 valence electrons. The number of hydrogen-bond acceptors (Lipinski definition) is 1. The van der Waals surface area contributed by atoms with Crippen molar-refractivity contribution < 1.29 is 14.5 Å². The maximum absolute atomic E-state index is 11.0. The average molecular weight is 297 g/mol. The molecule has 3 heterocycles. The maximum Gasteiger partial charge on any atom is 0.303 e. The minimum Gasteiger partial charge on any atom is -0.481 e. The van der Waals surface area contributed by atoms with E-state index in [1.54, 1.807) is 0 Å². The van der Waals surface area contributed by atoms with E-state index in [1.165, 1.54) is 40.7 Å². The molecule has 2 aliphatic heterocycles. The number of nitrogens with one attached hydrogen (secondary N) is 1. The fourth-order valence-electron chi connectivity index (χ4n) is 4.08. The summed E-state index contributed by atoms with van der Waals surface area (Å²) < 4.78 is 2.48. The van der Waals surface area contributed by atoms with Crippen LogP contribution in [0, 0.1) is 0 Å². The Balaban J connectivity index is 1.85. The third-order valence-electron chi connectivity index (χ3n) is 5.06. The average Bonchev–Trinajstić information content (AvgIpc) is 2.92. The fraction of sp³-hybridized carbons (Fsp3) is 0.444. The standard InChI is InChI=1S/C18H20N2O2/c21-16(22)9-8-12-11-20-10-4-3-7-15(20)18-17(12)13-5-1-2-6-14(13)19-18/h1-2,5-6,12H,3-4,7-11H2,(H,21,22)/p+1. The number of fused-ring (bicyclic) bond motifs is 4. The number of carboxylic acid groups (broad SMARTS) is 1. The van der Waals surface area contributed by atoms with Crippen molar-refractivity contribution in [2.45, 2.75) is 38.0 Å². The number of carbonyl (C=O) groups is 1. The minimum absolute atomic E-state index is 0.243. The fourth-order valence-corrected chi connectivity index (χ4v) is 4.08. The third kappa shape index (κ3) is 2.14. The molecule has 0 fully saturated rings. The molecular formula is C18H21N2O2+. The first-order valence-corrected chi connectivity index (χ1v) is 8.17. The van der Waals surface area contributed by atoms with Gasteiger partial charge in [-0.25, -0.2) is 4.58 Å². The maximum atomic E-state index is 11.0. The Bertz CT molecular complexity index is 772. The number of aromatic amines is 1. The Labute approximate surface area is 129 Å². The molecule has 0 saturated carbocycles. The summed E-state index contributed by atoms with van der Waals surface area (Å²) in [4.78, 5) is 14.6. The Morgan fingerprint density at radius 1 is 1.32 bits per heavy atom. The van der Waals surface area contributed by atoms with Gasteiger partial charge in [0.25, 0.3) is 0 Å². The number of rotatable bonds is 3. The number of para-hydroxylation sites is 1. The van der Waals surface area contributed by atoms with Gasteiger partial charge in [0.1, 0.15) is 18.8 Å². The quantitative estimate of drug-likeness (QED) is 0.855. The van der Waals surface area contributed by atoms with Gasteiger partial charge < -0.3 is 10.1 Å². The predicted molar refractivity (Wildman–Crippen MR) is 85.9 cm³/mol. The molecule has 0 spiro atoms. The van der Waals surface area contributed by atoms with E-state index in [0.717, 1.165) is 19.5 Å². The summed E-state index contributed by atoms with van der Waals surface area (Å²) >= 11 is 0. The Hall–Kier alpha value is -2.10. The van der Waals surface area contributed by atoms with Crippen LogP contribution in [-0.4, -0.2) is 39.4 Å². The van der Waals surface area contributed by atoms with E-state index in [0.29, 0.717) is 12.3 Å². The van der Waals surface area contributed by atoms with E-state index in [-0.39, 0.29) is 6.42 Å². The highest BCUT2D eigenvalue weighted by molar-refractivity contribution is 6.03. The van der Waals surface area contributed by atoms with Gasteiger partial charge in [-0.2, -0.15) is 0 Å².